The first-order valence-corrected chi connectivity index (χ1v) is 14.7. The summed E-state index contributed by atoms with van der Waals surface area (Å²) < 4.78 is 27.9. The molecule has 1 saturated carbocycles. The van der Waals surface area contributed by atoms with Crippen molar-refractivity contribution < 1.29 is 13.2 Å². The molecule has 37 heavy (non-hydrogen) atoms. The van der Waals surface area contributed by atoms with Crippen LogP contribution in [0.15, 0.2) is 40.2 Å². The molecule has 0 aromatic carbocycles. The molecular formula is C28H40N4O4S. The van der Waals surface area contributed by atoms with Crippen molar-refractivity contribution in [1.29, 1.82) is 0 Å². The fraction of sp³-hybridized carbons (Fsp3) is 0.607. The highest BCUT2D eigenvalue weighted by molar-refractivity contribution is 7.90. The van der Waals surface area contributed by atoms with Crippen molar-refractivity contribution in [1.82, 2.24) is 14.7 Å². The second-order valence-corrected chi connectivity index (χ2v) is 14.2. The Hall–Kier alpha value is -2.68. The SMILES string of the molecule is C[C@@H]1CN(c2nc(C3CCC(C(C)(C)C)CC3)ccc2C(=O)NS(=O)(=O)c2ccc[nH]c2=O)C(C)(C)C1. The van der Waals surface area contributed by atoms with E-state index in [2.05, 4.69) is 56.1 Å². The van der Waals surface area contributed by atoms with Crippen LogP contribution in [0.3, 0.4) is 0 Å². The second kappa shape index (κ2) is 9.89. The minimum Gasteiger partial charge on any atom is -0.351 e. The highest BCUT2D eigenvalue weighted by Crippen LogP contribution is 2.44. The first-order chi connectivity index (χ1) is 17.2. The van der Waals surface area contributed by atoms with Crippen LogP contribution in [-0.2, 0) is 10.0 Å². The predicted octanol–water partition coefficient (Wildman–Crippen LogP) is 4.83. The molecule has 0 bridgehead atoms. The van der Waals surface area contributed by atoms with Gasteiger partial charge in [-0.2, -0.15) is 0 Å². The highest BCUT2D eigenvalue weighted by Gasteiger charge is 2.40. The van der Waals surface area contributed by atoms with E-state index in [0.29, 0.717) is 23.6 Å². The van der Waals surface area contributed by atoms with Crippen molar-refractivity contribution in [3.05, 3.63) is 52.1 Å². The van der Waals surface area contributed by atoms with Crippen LogP contribution in [0, 0.1) is 17.3 Å². The van der Waals surface area contributed by atoms with Gasteiger partial charge in [0.05, 0.1) is 5.56 Å². The number of carbonyl (C=O) groups is 1. The molecule has 0 radical (unpaired) electrons. The van der Waals surface area contributed by atoms with E-state index in [9.17, 15) is 18.0 Å². The molecule has 8 nitrogen and oxygen atoms in total. The molecule has 2 N–H and O–H groups in total. The van der Waals surface area contributed by atoms with Crippen molar-refractivity contribution in [2.75, 3.05) is 11.4 Å². The van der Waals surface area contributed by atoms with E-state index in [-0.39, 0.29) is 16.5 Å². The van der Waals surface area contributed by atoms with Crippen molar-refractivity contribution in [3.63, 3.8) is 0 Å². The van der Waals surface area contributed by atoms with Gasteiger partial charge >= 0.3 is 0 Å². The Morgan fingerprint density at radius 1 is 1.14 bits per heavy atom. The molecule has 1 atom stereocenters. The maximum Gasteiger partial charge on any atom is 0.269 e. The zero-order chi connectivity index (χ0) is 27.2. The summed E-state index contributed by atoms with van der Waals surface area (Å²) in [6.45, 7) is 14.1. The summed E-state index contributed by atoms with van der Waals surface area (Å²) in [5.74, 6) is 1.12. The number of aromatic nitrogens is 2. The lowest BCUT2D eigenvalue weighted by Crippen LogP contribution is -2.41. The van der Waals surface area contributed by atoms with Crippen molar-refractivity contribution in [2.45, 2.75) is 90.0 Å². The monoisotopic (exact) mass is 528 g/mol. The van der Waals surface area contributed by atoms with Gasteiger partial charge in [0.25, 0.3) is 21.5 Å². The first-order valence-electron chi connectivity index (χ1n) is 13.2. The predicted molar refractivity (Wildman–Crippen MR) is 145 cm³/mol. The molecule has 0 spiro atoms. The summed E-state index contributed by atoms with van der Waals surface area (Å²) in [4.78, 5) is 34.5. The van der Waals surface area contributed by atoms with E-state index in [1.807, 2.05) is 6.07 Å². The molecule has 3 heterocycles. The van der Waals surface area contributed by atoms with E-state index in [0.717, 1.165) is 44.3 Å². The van der Waals surface area contributed by atoms with Crippen LogP contribution in [0.25, 0.3) is 0 Å². The van der Waals surface area contributed by atoms with Crippen molar-refractivity contribution >= 4 is 21.7 Å². The van der Waals surface area contributed by atoms with Gasteiger partial charge in [0.2, 0.25) is 0 Å². The normalized spacial score (nSPS) is 24.2. The number of rotatable bonds is 5. The standard InChI is InChI=1S/C28H40N4O4S/c1-18-16-28(5,6)32(17-18)24-21(25(33)31-37(35,36)23-8-7-15-29-26(23)34)13-14-22(30-24)19-9-11-20(12-10-19)27(2,3)4/h7-8,13-15,18-20H,9-12,16-17H2,1-6H3,(H,29,34)(H,31,33)/t18-,19?,20?/m0/s1. The number of nitrogens with one attached hydrogen (secondary N) is 2. The molecule has 2 fully saturated rings. The molecule has 1 aliphatic carbocycles. The van der Waals surface area contributed by atoms with Gasteiger partial charge in [-0.15, -0.1) is 0 Å². The Labute approximate surface area is 220 Å². The Morgan fingerprint density at radius 2 is 1.81 bits per heavy atom. The quantitative estimate of drug-likeness (QED) is 0.575. The van der Waals surface area contributed by atoms with Gasteiger partial charge in [-0.1, -0.05) is 27.7 Å². The molecule has 1 aliphatic heterocycles. The number of nitrogens with zero attached hydrogens (tertiary/aromatic N) is 2. The minimum absolute atomic E-state index is 0.199. The molecule has 1 saturated heterocycles. The Kier molecular flexibility index (Phi) is 7.31. The third-order valence-corrected chi connectivity index (χ3v) is 9.49. The lowest BCUT2D eigenvalue weighted by atomic mass is 9.69. The number of aromatic amines is 1. The Bertz CT molecular complexity index is 1320. The molecule has 0 unspecified atom stereocenters. The zero-order valence-corrected chi connectivity index (χ0v) is 23.6. The maximum atomic E-state index is 13.4. The summed E-state index contributed by atoms with van der Waals surface area (Å²) in [5.41, 5.74) is 0.422. The highest BCUT2D eigenvalue weighted by atomic mass is 32.2. The van der Waals surface area contributed by atoms with Crippen LogP contribution in [0.5, 0.6) is 0 Å². The van der Waals surface area contributed by atoms with Crippen LogP contribution in [0.2, 0.25) is 0 Å². The fourth-order valence-electron chi connectivity index (χ4n) is 6.14. The van der Waals surface area contributed by atoms with Crippen LogP contribution in [0.4, 0.5) is 5.82 Å². The van der Waals surface area contributed by atoms with Crippen LogP contribution >= 0.6 is 0 Å². The average molecular weight is 529 g/mol. The second-order valence-electron chi connectivity index (χ2n) is 12.6. The van der Waals surface area contributed by atoms with Crippen molar-refractivity contribution in [2.24, 2.45) is 17.3 Å². The minimum atomic E-state index is -4.36. The average Bonchev–Trinajstić information content (AvgIpc) is 3.09. The van der Waals surface area contributed by atoms with Crippen LogP contribution in [0.1, 0.15) is 95.6 Å². The summed E-state index contributed by atoms with van der Waals surface area (Å²) in [5, 5.41) is 0. The number of hydrogen-bond acceptors (Lipinski definition) is 6. The van der Waals surface area contributed by atoms with E-state index in [1.54, 1.807) is 6.07 Å². The number of carbonyl (C=O) groups excluding carboxylic acids is 1. The number of sulfonamides is 1. The summed E-state index contributed by atoms with van der Waals surface area (Å²) in [6, 6.07) is 6.15. The van der Waals surface area contributed by atoms with Gasteiger partial charge in [-0.25, -0.2) is 18.1 Å². The number of anilines is 1. The molecule has 202 valence electrons. The van der Waals surface area contributed by atoms with Crippen LogP contribution < -0.4 is 15.2 Å². The van der Waals surface area contributed by atoms with Crippen molar-refractivity contribution in [3.8, 4) is 0 Å². The number of pyridine rings is 2. The number of H-pyrrole nitrogens is 1. The van der Waals surface area contributed by atoms with E-state index in [1.165, 1.54) is 18.3 Å². The Morgan fingerprint density at radius 3 is 2.38 bits per heavy atom. The Balaban J connectivity index is 1.68. The molecular weight excluding hydrogens is 488 g/mol. The molecule has 1 amide bonds. The first kappa shape index (κ1) is 27.4. The third kappa shape index (κ3) is 5.76. The number of hydrogen-bond donors (Lipinski definition) is 2. The van der Waals surface area contributed by atoms with E-state index >= 15 is 0 Å². The van der Waals surface area contributed by atoms with Gasteiger partial charge in [0.1, 0.15) is 5.82 Å². The largest absolute Gasteiger partial charge is 0.351 e. The molecule has 9 heteroatoms. The molecule has 2 aromatic heterocycles. The maximum absolute atomic E-state index is 13.4. The lowest BCUT2D eigenvalue weighted by molar-refractivity contribution is 0.0981. The summed E-state index contributed by atoms with van der Waals surface area (Å²) in [7, 11) is -4.36. The number of amides is 1. The van der Waals surface area contributed by atoms with Gasteiger partial charge in [-0.3, -0.25) is 9.59 Å². The zero-order valence-electron chi connectivity index (χ0n) is 22.8. The van der Waals surface area contributed by atoms with Crippen LogP contribution in [-0.4, -0.2) is 36.4 Å². The van der Waals surface area contributed by atoms with Gasteiger partial charge in [0.15, 0.2) is 4.90 Å². The third-order valence-electron chi connectivity index (χ3n) is 8.14. The fourth-order valence-corrected chi connectivity index (χ4v) is 7.16. The smallest absolute Gasteiger partial charge is 0.269 e. The molecule has 2 aromatic rings. The van der Waals surface area contributed by atoms with E-state index < -0.39 is 26.4 Å². The van der Waals surface area contributed by atoms with Gasteiger partial charge in [0, 0.05) is 29.9 Å². The topological polar surface area (TPSA) is 112 Å². The van der Waals surface area contributed by atoms with Gasteiger partial charge in [-0.05, 0) is 87.5 Å². The van der Waals surface area contributed by atoms with Gasteiger partial charge < -0.3 is 9.88 Å². The molecule has 4 rings (SSSR count). The summed E-state index contributed by atoms with van der Waals surface area (Å²) >= 11 is 0. The summed E-state index contributed by atoms with van der Waals surface area (Å²) in [6.07, 6.45) is 6.66. The van der Waals surface area contributed by atoms with E-state index in [4.69, 9.17) is 4.98 Å². The lowest BCUT2D eigenvalue weighted by Gasteiger charge is -2.37. The molecule has 2 aliphatic rings.